The normalized spacial score (nSPS) is 17.3. The van der Waals surface area contributed by atoms with Gasteiger partial charge in [0.25, 0.3) is 11.8 Å². The smallest absolute Gasteiger partial charge is 0.265 e. The number of carbonyl (C=O) groups excluding carboxylic acids is 3. The van der Waals surface area contributed by atoms with Crippen molar-refractivity contribution in [2.45, 2.75) is 31.8 Å². The molecule has 3 amide bonds. The molecule has 0 aliphatic carbocycles. The van der Waals surface area contributed by atoms with Gasteiger partial charge in [0.15, 0.2) is 0 Å². The minimum atomic E-state index is -0.460. The summed E-state index contributed by atoms with van der Waals surface area (Å²) in [5.41, 5.74) is 3.21. The summed E-state index contributed by atoms with van der Waals surface area (Å²) in [5, 5.41) is 10.7. The maximum atomic E-state index is 13.6. The van der Waals surface area contributed by atoms with E-state index in [0.717, 1.165) is 33.5 Å². The molecule has 1 atom stereocenters. The van der Waals surface area contributed by atoms with E-state index >= 15 is 0 Å². The van der Waals surface area contributed by atoms with Gasteiger partial charge in [-0.05, 0) is 61.2 Å². The number of nitrogens with zero attached hydrogens (tertiary/aromatic N) is 3. The van der Waals surface area contributed by atoms with Gasteiger partial charge in [-0.15, -0.1) is 11.3 Å². The first-order chi connectivity index (χ1) is 17.6. The highest BCUT2D eigenvalue weighted by molar-refractivity contribution is 7.14. The molecule has 1 fully saturated rings. The summed E-state index contributed by atoms with van der Waals surface area (Å²) in [6, 6.07) is 16.3. The number of likely N-dealkylation sites (tertiary alicyclic amines) is 1. The number of benzene rings is 2. The van der Waals surface area contributed by atoms with Crippen LogP contribution in [0.3, 0.4) is 0 Å². The zero-order chi connectivity index (χ0) is 24.6. The number of H-pyrrole nitrogens is 1. The molecule has 2 N–H and O–H groups in total. The van der Waals surface area contributed by atoms with Crippen molar-refractivity contribution in [2.24, 2.45) is 0 Å². The van der Waals surface area contributed by atoms with Crippen LogP contribution in [-0.2, 0) is 17.8 Å². The van der Waals surface area contributed by atoms with Gasteiger partial charge >= 0.3 is 0 Å². The Labute approximate surface area is 211 Å². The van der Waals surface area contributed by atoms with Crippen LogP contribution in [0.1, 0.15) is 43.3 Å². The molecule has 6 rings (SSSR count). The van der Waals surface area contributed by atoms with Gasteiger partial charge in [0.05, 0.1) is 16.6 Å². The predicted octanol–water partition coefficient (Wildman–Crippen LogP) is 4.07. The Morgan fingerprint density at radius 2 is 1.92 bits per heavy atom. The zero-order valence-electron chi connectivity index (χ0n) is 19.6. The molecular formula is C27H25N5O3S. The van der Waals surface area contributed by atoms with Gasteiger partial charge in [-0.1, -0.05) is 18.2 Å². The van der Waals surface area contributed by atoms with E-state index in [1.54, 1.807) is 17.2 Å². The van der Waals surface area contributed by atoms with Gasteiger partial charge in [0.2, 0.25) is 5.91 Å². The number of amides is 3. The molecule has 1 saturated heterocycles. The first-order valence-corrected chi connectivity index (χ1v) is 12.9. The summed E-state index contributed by atoms with van der Waals surface area (Å²) in [6.45, 7) is 1.62. The Bertz CT molecular complexity index is 1460. The van der Waals surface area contributed by atoms with Crippen molar-refractivity contribution in [1.29, 1.82) is 0 Å². The van der Waals surface area contributed by atoms with Gasteiger partial charge in [0.1, 0.15) is 6.04 Å². The average molecular weight is 500 g/mol. The van der Waals surface area contributed by atoms with E-state index in [-0.39, 0.29) is 17.7 Å². The van der Waals surface area contributed by atoms with Gasteiger partial charge < -0.3 is 15.1 Å². The number of carbonyl (C=O) groups is 3. The second kappa shape index (κ2) is 9.23. The summed E-state index contributed by atoms with van der Waals surface area (Å²) in [7, 11) is 0. The van der Waals surface area contributed by atoms with E-state index in [0.29, 0.717) is 42.9 Å². The minimum absolute atomic E-state index is 0.0163. The Morgan fingerprint density at radius 1 is 1.06 bits per heavy atom. The first-order valence-electron chi connectivity index (χ1n) is 12.1. The third-order valence-corrected chi connectivity index (χ3v) is 8.16. The number of hydrogen-bond acceptors (Lipinski definition) is 5. The van der Waals surface area contributed by atoms with Crippen LogP contribution in [0.5, 0.6) is 0 Å². The summed E-state index contributed by atoms with van der Waals surface area (Å²) < 4.78 is 0. The van der Waals surface area contributed by atoms with Crippen molar-refractivity contribution in [3.05, 3.63) is 81.7 Å². The molecule has 9 heteroatoms. The van der Waals surface area contributed by atoms with Crippen LogP contribution < -0.4 is 5.32 Å². The second-order valence-electron chi connectivity index (χ2n) is 9.22. The van der Waals surface area contributed by atoms with Crippen LogP contribution in [0.4, 0.5) is 5.69 Å². The van der Waals surface area contributed by atoms with Gasteiger partial charge in [-0.3, -0.25) is 19.5 Å². The van der Waals surface area contributed by atoms with Gasteiger partial charge in [-0.2, -0.15) is 5.10 Å². The van der Waals surface area contributed by atoms with Crippen molar-refractivity contribution in [2.75, 3.05) is 18.4 Å². The average Bonchev–Trinajstić information content (AvgIpc) is 3.66. The number of aromatic amines is 1. The topological polar surface area (TPSA) is 98.4 Å². The Hall–Kier alpha value is -3.98. The van der Waals surface area contributed by atoms with Gasteiger partial charge in [-0.25, -0.2) is 0 Å². The van der Waals surface area contributed by atoms with Crippen molar-refractivity contribution < 1.29 is 14.4 Å². The monoisotopic (exact) mass is 499 g/mol. The van der Waals surface area contributed by atoms with Gasteiger partial charge in [0, 0.05) is 41.1 Å². The quantitative estimate of drug-likeness (QED) is 0.442. The highest BCUT2D eigenvalue weighted by Gasteiger charge is 2.38. The molecule has 2 aliphatic heterocycles. The lowest BCUT2D eigenvalue weighted by Crippen LogP contribution is -2.48. The van der Waals surface area contributed by atoms with Crippen molar-refractivity contribution >= 4 is 45.6 Å². The number of aromatic nitrogens is 2. The molecule has 4 heterocycles. The molecule has 2 aromatic carbocycles. The van der Waals surface area contributed by atoms with Crippen molar-refractivity contribution in [3.8, 4) is 0 Å². The standard InChI is InChI=1S/C27H25N5O3S/c33-25(29-20-5-2-1-3-6-20)24-14-19-16-31(12-10-23(19)36-24)27(35)22-7-4-11-32(22)26(34)17-8-9-21-18(13-17)15-28-30-21/h1-3,5-6,8-9,13-15,22H,4,7,10-12,16H2,(H,28,30)(H,29,33)/t22-/m1/s1. The van der Waals surface area contributed by atoms with E-state index in [2.05, 4.69) is 15.5 Å². The summed E-state index contributed by atoms with van der Waals surface area (Å²) in [5.74, 6) is -0.278. The molecule has 4 aromatic rings. The second-order valence-corrected chi connectivity index (χ2v) is 10.4. The number of hydrogen-bond donors (Lipinski definition) is 2. The summed E-state index contributed by atoms with van der Waals surface area (Å²) in [4.78, 5) is 44.9. The number of nitrogens with one attached hydrogen (secondary N) is 2. The lowest BCUT2D eigenvalue weighted by Gasteiger charge is -2.32. The van der Waals surface area contributed by atoms with Crippen LogP contribution in [-0.4, -0.2) is 56.9 Å². The number of fused-ring (bicyclic) bond motifs is 2. The highest BCUT2D eigenvalue weighted by atomic mass is 32.1. The Kier molecular flexibility index (Phi) is 5.77. The maximum Gasteiger partial charge on any atom is 0.265 e. The molecule has 0 unspecified atom stereocenters. The molecule has 2 aromatic heterocycles. The summed E-state index contributed by atoms with van der Waals surface area (Å²) >= 11 is 1.49. The SMILES string of the molecule is O=C(Nc1ccccc1)c1cc2c(s1)CCN(C(=O)[C@H]1CCCN1C(=O)c1ccc3[nH]ncc3c1)C2. The van der Waals surface area contributed by atoms with Crippen LogP contribution >= 0.6 is 11.3 Å². The summed E-state index contributed by atoms with van der Waals surface area (Å²) in [6.07, 6.45) is 3.87. The molecule has 0 radical (unpaired) electrons. The molecule has 0 spiro atoms. The third kappa shape index (κ3) is 4.15. The number of thiophene rings is 1. The lowest BCUT2D eigenvalue weighted by molar-refractivity contribution is -0.136. The first kappa shape index (κ1) is 22.5. The third-order valence-electron chi connectivity index (χ3n) is 6.92. The van der Waals surface area contributed by atoms with Crippen molar-refractivity contribution in [3.63, 3.8) is 0 Å². The van der Waals surface area contributed by atoms with E-state index in [1.807, 2.05) is 53.4 Å². The molecule has 8 nitrogen and oxygen atoms in total. The minimum Gasteiger partial charge on any atom is -0.336 e. The van der Waals surface area contributed by atoms with E-state index in [4.69, 9.17) is 0 Å². The molecule has 0 saturated carbocycles. The molecule has 0 bridgehead atoms. The van der Waals surface area contributed by atoms with E-state index in [9.17, 15) is 14.4 Å². The van der Waals surface area contributed by atoms with Crippen LogP contribution in [0.25, 0.3) is 10.9 Å². The Morgan fingerprint density at radius 3 is 2.78 bits per heavy atom. The fraction of sp³-hybridized carbons (Fsp3) is 0.259. The highest BCUT2D eigenvalue weighted by Crippen LogP contribution is 2.31. The molecular weight excluding hydrogens is 474 g/mol. The largest absolute Gasteiger partial charge is 0.336 e. The van der Waals surface area contributed by atoms with Crippen LogP contribution in [0.15, 0.2) is 60.8 Å². The number of anilines is 1. The number of rotatable bonds is 4. The lowest BCUT2D eigenvalue weighted by atomic mass is 10.1. The fourth-order valence-electron chi connectivity index (χ4n) is 5.07. The van der Waals surface area contributed by atoms with Crippen LogP contribution in [0.2, 0.25) is 0 Å². The molecule has 182 valence electrons. The zero-order valence-corrected chi connectivity index (χ0v) is 20.4. The van der Waals surface area contributed by atoms with E-state index in [1.165, 1.54) is 11.3 Å². The fourth-order valence-corrected chi connectivity index (χ4v) is 6.12. The predicted molar refractivity (Wildman–Crippen MR) is 138 cm³/mol. The molecule has 2 aliphatic rings. The van der Waals surface area contributed by atoms with Crippen LogP contribution in [0, 0.1) is 0 Å². The van der Waals surface area contributed by atoms with E-state index < -0.39 is 6.04 Å². The maximum absolute atomic E-state index is 13.6. The number of para-hydroxylation sites is 1. The van der Waals surface area contributed by atoms with Crippen molar-refractivity contribution in [1.82, 2.24) is 20.0 Å². The molecule has 36 heavy (non-hydrogen) atoms. The Balaban J connectivity index is 1.15.